The molecule has 0 atom stereocenters. The maximum absolute atomic E-state index is 11.5. The van der Waals surface area contributed by atoms with Crippen molar-refractivity contribution in [1.29, 1.82) is 0 Å². The van der Waals surface area contributed by atoms with Gasteiger partial charge in [0, 0.05) is 0 Å². The van der Waals surface area contributed by atoms with Crippen LogP contribution in [-0.2, 0) is 10.2 Å². The highest BCUT2D eigenvalue weighted by atomic mass is 32.2. The summed E-state index contributed by atoms with van der Waals surface area (Å²) in [6, 6.07) is 0. The van der Waals surface area contributed by atoms with E-state index in [-0.39, 0.29) is 0 Å². The van der Waals surface area contributed by atoms with Crippen molar-refractivity contribution in [3.8, 4) is 0 Å². The number of rotatable bonds is 0. The fraction of sp³-hybridized carbons (Fsp3) is 1.00. The lowest BCUT2D eigenvalue weighted by molar-refractivity contribution is 0.577. The van der Waals surface area contributed by atoms with Gasteiger partial charge in [0.2, 0.25) is 0 Å². The molecule has 1 heterocycles. The first kappa shape index (κ1) is 16.6. The van der Waals surface area contributed by atoms with Crippen LogP contribution in [0.1, 0.15) is 44.9 Å². The van der Waals surface area contributed by atoms with E-state index >= 15 is 0 Å². The van der Waals surface area contributed by atoms with Crippen LogP contribution in [0.2, 0.25) is 0 Å². The van der Waals surface area contributed by atoms with Crippen molar-refractivity contribution in [2.45, 2.75) is 44.9 Å². The van der Waals surface area contributed by atoms with Gasteiger partial charge in [-0.1, -0.05) is 32.1 Å². The number of hydrogen-bond acceptors (Lipinski definition) is 4. The Hall–Kier alpha value is 0.570. The lowest BCUT2D eigenvalue weighted by Crippen LogP contribution is -2.36. The monoisotopic (exact) mass is 312 g/mol. The van der Waals surface area contributed by atoms with Crippen molar-refractivity contribution < 1.29 is 8.42 Å². The standard InChI is InChI=1S/C11H24N2O2S3/c14-18(15)12-10-16-8-6-4-2-1-3-5-7-9-17-11-13-18/h12-13H,1-11H2. The van der Waals surface area contributed by atoms with Crippen molar-refractivity contribution in [3.05, 3.63) is 0 Å². The van der Waals surface area contributed by atoms with Gasteiger partial charge in [0.15, 0.2) is 0 Å². The molecule has 0 spiro atoms. The highest BCUT2D eigenvalue weighted by molar-refractivity contribution is 8.01. The van der Waals surface area contributed by atoms with Crippen molar-refractivity contribution in [3.63, 3.8) is 0 Å². The molecule has 1 aliphatic heterocycles. The van der Waals surface area contributed by atoms with Crippen LogP contribution < -0.4 is 9.44 Å². The van der Waals surface area contributed by atoms with E-state index in [2.05, 4.69) is 9.44 Å². The van der Waals surface area contributed by atoms with Crippen LogP contribution >= 0.6 is 23.5 Å². The topological polar surface area (TPSA) is 58.2 Å². The summed E-state index contributed by atoms with van der Waals surface area (Å²) in [5, 5.41) is 0. The third-order valence-corrected chi connectivity index (χ3v) is 6.05. The lowest BCUT2D eigenvalue weighted by Gasteiger charge is -2.09. The van der Waals surface area contributed by atoms with Crippen LogP contribution in [0.3, 0.4) is 0 Å². The molecule has 0 bridgehead atoms. The van der Waals surface area contributed by atoms with Crippen molar-refractivity contribution >= 4 is 33.7 Å². The first-order chi connectivity index (χ1) is 8.71. The zero-order valence-electron chi connectivity index (χ0n) is 10.8. The van der Waals surface area contributed by atoms with E-state index in [0.717, 1.165) is 11.5 Å². The highest BCUT2D eigenvalue weighted by Crippen LogP contribution is 2.12. The fourth-order valence-corrected chi connectivity index (χ4v) is 4.84. The van der Waals surface area contributed by atoms with Crippen molar-refractivity contribution in [2.75, 3.05) is 23.3 Å². The Kier molecular flexibility index (Phi) is 9.58. The minimum atomic E-state index is -3.29. The molecular weight excluding hydrogens is 288 g/mol. The van der Waals surface area contributed by atoms with Gasteiger partial charge in [-0.3, -0.25) is 0 Å². The molecular formula is C11H24N2O2S3. The lowest BCUT2D eigenvalue weighted by atomic mass is 10.1. The Balaban J connectivity index is 2.24. The summed E-state index contributed by atoms with van der Waals surface area (Å²) in [6.45, 7) is 0. The van der Waals surface area contributed by atoms with Gasteiger partial charge in [-0.25, -0.2) is 0 Å². The molecule has 18 heavy (non-hydrogen) atoms. The fourth-order valence-electron chi connectivity index (χ4n) is 1.73. The summed E-state index contributed by atoms with van der Waals surface area (Å²) in [4.78, 5) is 0. The quantitative estimate of drug-likeness (QED) is 0.722. The molecule has 0 aromatic carbocycles. The summed E-state index contributed by atoms with van der Waals surface area (Å²) in [5.41, 5.74) is 0. The smallest absolute Gasteiger partial charge is 0.195 e. The normalized spacial score (nSPS) is 25.6. The Labute approximate surface area is 120 Å². The summed E-state index contributed by atoms with van der Waals surface area (Å²) >= 11 is 3.31. The SMILES string of the molecule is O=S1(=O)NCSCCCCCCCCCSCN1. The second kappa shape index (κ2) is 10.4. The maximum Gasteiger partial charge on any atom is 0.278 e. The van der Waals surface area contributed by atoms with Crippen LogP contribution in [0.15, 0.2) is 0 Å². The molecule has 0 amide bonds. The van der Waals surface area contributed by atoms with Crippen LogP contribution in [0.5, 0.6) is 0 Å². The second-order valence-corrected chi connectivity index (χ2v) is 8.17. The largest absolute Gasteiger partial charge is 0.278 e. The van der Waals surface area contributed by atoms with Crippen molar-refractivity contribution in [1.82, 2.24) is 9.44 Å². The molecule has 0 aromatic rings. The van der Waals surface area contributed by atoms with E-state index in [1.54, 1.807) is 23.5 Å². The van der Waals surface area contributed by atoms with E-state index in [4.69, 9.17) is 0 Å². The van der Waals surface area contributed by atoms with Crippen LogP contribution in [0, 0.1) is 0 Å². The van der Waals surface area contributed by atoms with E-state index in [0.29, 0.717) is 11.8 Å². The van der Waals surface area contributed by atoms with Crippen LogP contribution in [0.25, 0.3) is 0 Å². The predicted octanol–water partition coefficient (Wildman–Crippen LogP) is 2.54. The van der Waals surface area contributed by atoms with Gasteiger partial charge in [-0.15, -0.1) is 23.5 Å². The molecule has 0 saturated carbocycles. The van der Waals surface area contributed by atoms with Crippen LogP contribution in [-0.4, -0.2) is 31.7 Å². The Bertz CT molecular complexity index is 275. The Morgan fingerprint density at radius 1 is 0.667 bits per heavy atom. The number of nitrogens with one attached hydrogen (secondary N) is 2. The molecule has 0 aliphatic carbocycles. The van der Waals surface area contributed by atoms with Gasteiger partial charge in [0.05, 0.1) is 11.8 Å². The van der Waals surface area contributed by atoms with Gasteiger partial charge < -0.3 is 0 Å². The summed E-state index contributed by atoms with van der Waals surface area (Å²) in [6.07, 6.45) is 8.91. The molecule has 1 aliphatic rings. The van der Waals surface area contributed by atoms with E-state index < -0.39 is 10.2 Å². The molecule has 0 unspecified atom stereocenters. The summed E-state index contributed by atoms with van der Waals surface area (Å²) in [7, 11) is -3.29. The zero-order chi connectivity index (χ0) is 13.1. The molecule has 1 fully saturated rings. The third kappa shape index (κ3) is 9.49. The zero-order valence-corrected chi connectivity index (χ0v) is 13.3. The Morgan fingerprint density at radius 2 is 1.06 bits per heavy atom. The number of thioether (sulfide) groups is 2. The van der Waals surface area contributed by atoms with Crippen LogP contribution in [0.4, 0.5) is 0 Å². The molecule has 1 rings (SSSR count). The minimum Gasteiger partial charge on any atom is -0.195 e. The molecule has 108 valence electrons. The Morgan fingerprint density at radius 3 is 1.50 bits per heavy atom. The highest BCUT2D eigenvalue weighted by Gasteiger charge is 2.07. The average molecular weight is 313 g/mol. The molecule has 7 heteroatoms. The van der Waals surface area contributed by atoms with Gasteiger partial charge in [0.1, 0.15) is 0 Å². The number of hydrogen-bond donors (Lipinski definition) is 2. The second-order valence-electron chi connectivity index (χ2n) is 4.37. The minimum absolute atomic E-state index is 0.472. The van der Waals surface area contributed by atoms with Gasteiger partial charge in [-0.05, 0) is 24.3 Å². The first-order valence-electron chi connectivity index (χ1n) is 6.60. The van der Waals surface area contributed by atoms with Crippen molar-refractivity contribution in [2.24, 2.45) is 0 Å². The molecule has 2 N–H and O–H groups in total. The maximum atomic E-state index is 11.5. The molecule has 4 nitrogen and oxygen atoms in total. The van der Waals surface area contributed by atoms with E-state index in [1.807, 2.05) is 0 Å². The predicted molar refractivity (Wildman–Crippen MR) is 82.2 cm³/mol. The van der Waals surface area contributed by atoms with Gasteiger partial charge in [0.25, 0.3) is 10.2 Å². The molecule has 0 aromatic heterocycles. The molecule has 1 saturated heterocycles. The van der Waals surface area contributed by atoms with Gasteiger partial charge in [-0.2, -0.15) is 17.9 Å². The molecule has 0 radical (unpaired) electrons. The van der Waals surface area contributed by atoms with Gasteiger partial charge >= 0.3 is 0 Å². The summed E-state index contributed by atoms with van der Waals surface area (Å²) in [5.74, 6) is 3.02. The average Bonchev–Trinajstić information content (AvgIpc) is 2.32. The van der Waals surface area contributed by atoms with E-state index in [1.165, 1.54) is 44.9 Å². The van der Waals surface area contributed by atoms with E-state index in [9.17, 15) is 8.42 Å². The first-order valence-corrected chi connectivity index (χ1v) is 10.4. The third-order valence-electron chi connectivity index (χ3n) is 2.78. The summed E-state index contributed by atoms with van der Waals surface area (Å²) < 4.78 is 28.1.